The average molecular weight is 363 g/mol. The Morgan fingerprint density at radius 3 is 2.04 bits per heavy atom. The van der Waals surface area contributed by atoms with Crippen LogP contribution in [0.4, 0.5) is 5.69 Å². The van der Waals surface area contributed by atoms with Crippen LogP contribution >= 0.6 is 0 Å². The third kappa shape index (κ3) is 10.1. The van der Waals surface area contributed by atoms with E-state index < -0.39 is 11.8 Å². The molecule has 2 N–H and O–H groups in total. The zero-order valence-corrected chi connectivity index (χ0v) is 16.3. The fourth-order valence-electron chi connectivity index (χ4n) is 2.58. The molecule has 2 amide bonds. The third-order valence-corrected chi connectivity index (χ3v) is 4.11. The van der Waals surface area contributed by atoms with Crippen LogP contribution < -0.4 is 15.4 Å². The Labute approximate surface area is 157 Å². The second-order valence-electron chi connectivity index (χ2n) is 6.56. The molecule has 0 saturated carbocycles. The second kappa shape index (κ2) is 14.2. The smallest absolute Gasteiger partial charge is 0.313 e. The molecule has 1 aromatic carbocycles. The van der Waals surface area contributed by atoms with Gasteiger partial charge >= 0.3 is 11.8 Å². The highest BCUT2D eigenvalue weighted by molar-refractivity contribution is 6.39. The minimum Gasteiger partial charge on any atom is -0.494 e. The molecule has 0 aliphatic heterocycles. The lowest BCUT2D eigenvalue weighted by Crippen LogP contribution is -2.35. The van der Waals surface area contributed by atoms with Crippen LogP contribution in [-0.4, -0.2) is 25.0 Å². The van der Waals surface area contributed by atoms with Crippen molar-refractivity contribution in [3.05, 3.63) is 24.3 Å². The molecule has 26 heavy (non-hydrogen) atoms. The van der Waals surface area contributed by atoms with E-state index in [0.29, 0.717) is 18.8 Å². The van der Waals surface area contributed by atoms with Gasteiger partial charge < -0.3 is 15.4 Å². The zero-order chi connectivity index (χ0) is 19.0. The van der Waals surface area contributed by atoms with Gasteiger partial charge in [-0.05, 0) is 37.1 Å². The van der Waals surface area contributed by atoms with Crippen LogP contribution in [0.3, 0.4) is 0 Å². The molecule has 0 aliphatic rings. The Morgan fingerprint density at radius 2 is 1.42 bits per heavy atom. The largest absolute Gasteiger partial charge is 0.494 e. The molecule has 5 heteroatoms. The molecule has 0 unspecified atom stereocenters. The van der Waals surface area contributed by atoms with Crippen molar-refractivity contribution in [3.8, 4) is 5.75 Å². The van der Waals surface area contributed by atoms with E-state index in [4.69, 9.17) is 4.74 Å². The Balaban J connectivity index is 2.14. The quantitative estimate of drug-likeness (QED) is 0.396. The first kappa shape index (κ1) is 22.0. The average Bonchev–Trinajstić information content (AvgIpc) is 2.66. The number of nitrogens with one attached hydrogen (secondary N) is 2. The first-order chi connectivity index (χ1) is 12.7. The van der Waals surface area contributed by atoms with Gasteiger partial charge in [-0.3, -0.25) is 9.59 Å². The summed E-state index contributed by atoms with van der Waals surface area (Å²) in [6.45, 7) is 5.47. The van der Waals surface area contributed by atoms with Crippen LogP contribution in [0.1, 0.15) is 71.6 Å². The van der Waals surface area contributed by atoms with Crippen molar-refractivity contribution in [3.63, 3.8) is 0 Å². The SMILES string of the molecule is CCCCCCCCCCNC(=O)C(=O)Nc1ccc(OCCC)cc1. The standard InChI is InChI=1S/C21H34N2O3/c1-3-5-6-7-8-9-10-11-16-22-20(24)21(25)23-18-12-14-19(15-13-18)26-17-4-2/h12-15H,3-11,16-17H2,1-2H3,(H,22,24)(H,23,25). The summed E-state index contributed by atoms with van der Waals surface area (Å²) in [5.41, 5.74) is 0.584. The molecule has 0 saturated heterocycles. The maximum atomic E-state index is 11.9. The van der Waals surface area contributed by atoms with Gasteiger partial charge in [0.25, 0.3) is 0 Å². The summed E-state index contributed by atoms with van der Waals surface area (Å²) in [5.74, 6) is -0.463. The number of hydrogen-bond donors (Lipinski definition) is 2. The van der Waals surface area contributed by atoms with Crippen molar-refractivity contribution in [1.82, 2.24) is 5.32 Å². The summed E-state index contributed by atoms with van der Waals surface area (Å²) in [6, 6.07) is 7.02. The molecule has 0 aromatic heterocycles. The fraction of sp³-hybridized carbons (Fsp3) is 0.619. The van der Waals surface area contributed by atoms with E-state index in [1.807, 2.05) is 6.92 Å². The highest BCUT2D eigenvalue weighted by Gasteiger charge is 2.12. The number of rotatable bonds is 13. The molecule has 0 fully saturated rings. The van der Waals surface area contributed by atoms with Crippen LogP contribution in [0, 0.1) is 0 Å². The molecule has 0 spiro atoms. The van der Waals surface area contributed by atoms with E-state index in [2.05, 4.69) is 17.6 Å². The first-order valence-corrected chi connectivity index (χ1v) is 9.99. The topological polar surface area (TPSA) is 67.4 Å². The normalized spacial score (nSPS) is 10.4. The molecular weight excluding hydrogens is 328 g/mol. The number of benzene rings is 1. The van der Waals surface area contributed by atoms with E-state index in [-0.39, 0.29) is 0 Å². The number of carbonyl (C=O) groups excluding carboxylic acids is 2. The minimum absolute atomic E-state index is 0.547. The molecular formula is C21H34N2O3. The van der Waals surface area contributed by atoms with Gasteiger partial charge in [-0.2, -0.15) is 0 Å². The Hall–Kier alpha value is -2.04. The summed E-state index contributed by atoms with van der Waals surface area (Å²) in [6.07, 6.45) is 10.6. The van der Waals surface area contributed by atoms with Crippen molar-refractivity contribution in [2.45, 2.75) is 71.6 Å². The van der Waals surface area contributed by atoms with Gasteiger partial charge in [0.15, 0.2) is 0 Å². The van der Waals surface area contributed by atoms with E-state index in [9.17, 15) is 9.59 Å². The van der Waals surface area contributed by atoms with Crippen molar-refractivity contribution in [2.24, 2.45) is 0 Å². The molecule has 1 aromatic rings. The van der Waals surface area contributed by atoms with E-state index >= 15 is 0 Å². The fourth-order valence-corrected chi connectivity index (χ4v) is 2.58. The molecule has 0 heterocycles. The van der Waals surface area contributed by atoms with E-state index in [0.717, 1.165) is 25.0 Å². The lowest BCUT2D eigenvalue weighted by atomic mass is 10.1. The number of unbranched alkanes of at least 4 members (excludes halogenated alkanes) is 7. The van der Waals surface area contributed by atoms with Crippen LogP contribution in [0.15, 0.2) is 24.3 Å². The predicted molar refractivity (Wildman–Crippen MR) is 106 cm³/mol. The van der Waals surface area contributed by atoms with Gasteiger partial charge in [-0.1, -0.05) is 58.8 Å². The number of anilines is 1. The summed E-state index contributed by atoms with van der Waals surface area (Å²) in [7, 11) is 0. The summed E-state index contributed by atoms with van der Waals surface area (Å²) in [5, 5.41) is 5.28. The van der Waals surface area contributed by atoms with E-state index in [1.165, 1.54) is 38.5 Å². The van der Waals surface area contributed by atoms with Gasteiger partial charge in [0, 0.05) is 12.2 Å². The van der Waals surface area contributed by atoms with Gasteiger partial charge in [0.1, 0.15) is 5.75 Å². The van der Waals surface area contributed by atoms with Crippen molar-refractivity contribution < 1.29 is 14.3 Å². The van der Waals surface area contributed by atoms with Crippen molar-refractivity contribution in [1.29, 1.82) is 0 Å². The summed E-state index contributed by atoms with van der Waals surface area (Å²) < 4.78 is 5.48. The van der Waals surface area contributed by atoms with Crippen molar-refractivity contribution in [2.75, 3.05) is 18.5 Å². The van der Waals surface area contributed by atoms with Gasteiger partial charge in [-0.25, -0.2) is 0 Å². The number of hydrogen-bond acceptors (Lipinski definition) is 3. The monoisotopic (exact) mass is 362 g/mol. The third-order valence-electron chi connectivity index (χ3n) is 4.11. The van der Waals surface area contributed by atoms with Crippen molar-refractivity contribution >= 4 is 17.5 Å². The lowest BCUT2D eigenvalue weighted by Gasteiger charge is -2.08. The van der Waals surface area contributed by atoms with Crippen LogP contribution in [-0.2, 0) is 9.59 Å². The van der Waals surface area contributed by atoms with Gasteiger partial charge in [0.2, 0.25) is 0 Å². The highest BCUT2D eigenvalue weighted by Crippen LogP contribution is 2.15. The Bertz CT molecular complexity index is 514. The molecule has 0 atom stereocenters. The second-order valence-corrected chi connectivity index (χ2v) is 6.56. The van der Waals surface area contributed by atoms with Gasteiger partial charge in [-0.15, -0.1) is 0 Å². The maximum absolute atomic E-state index is 11.9. The zero-order valence-electron chi connectivity index (χ0n) is 16.3. The highest BCUT2D eigenvalue weighted by atomic mass is 16.5. The number of carbonyl (C=O) groups is 2. The van der Waals surface area contributed by atoms with Crippen LogP contribution in [0.2, 0.25) is 0 Å². The summed E-state index contributed by atoms with van der Waals surface area (Å²) >= 11 is 0. The molecule has 0 bridgehead atoms. The van der Waals surface area contributed by atoms with Crippen LogP contribution in [0.25, 0.3) is 0 Å². The minimum atomic E-state index is -0.633. The molecule has 0 aliphatic carbocycles. The predicted octanol–water partition coefficient (Wildman–Crippen LogP) is 4.67. The number of ether oxygens (including phenoxy) is 1. The number of amides is 2. The molecule has 0 radical (unpaired) electrons. The molecule has 146 valence electrons. The Morgan fingerprint density at radius 1 is 0.808 bits per heavy atom. The molecule has 1 rings (SSSR count). The van der Waals surface area contributed by atoms with Gasteiger partial charge in [0.05, 0.1) is 6.61 Å². The molecule has 5 nitrogen and oxygen atoms in total. The van der Waals surface area contributed by atoms with E-state index in [1.54, 1.807) is 24.3 Å². The lowest BCUT2D eigenvalue weighted by molar-refractivity contribution is -0.136. The summed E-state index contributed by atoms with van der Waals surface area (Å²) in [4.78, 5) is 23.7. The Kier molecular flexibility index (Phi) is 12.0. The first-order valence-electron chi connectivity index (χ1n) is 9.99. The maximum Gasteiger partial charge on any atom is 0.313 e. The van der Waals surface area contributed by atoms with Crippen LogP contribution in [0.5, 0.6) is 5.75 Å².